The van der Waals surface area contributed by atoms with Gasteiger partial charge in [0.15, 0.2) is 6.29 Å². The number of aliphatic hydroxyl groups is 6. The van der Waals surface area contributed by atoms with Crippen LogP contribution in [-0.2, 0) is 14.3 Å². The summed E-state index contributed by atoms with van der Waals surface area (Å²) in [4.78, 5) is 12.4. The van der Waals surface area contributed by atoms with E-state index in [4.69, 9.17) is 9.47 Å². The molecule has 1 heterocycles. The number of aliphatic hydroxyl groups excluding tert-OH is 6. The zero-order valence-electron chi connectivity index (χ0n) is 19.0. The Morgan fingerprint density at radius 1 is 1.06 bits per heavy atom. The number of rotatable bonds is 15. The molecule has 1 fully saturated rings. The van der Waals surface area contributed by atoms with Gasteiger partial charge >= 0.3 is 0 Å². The van der Waals surface area contributed by atoms with Gasteiger partial charge in [0.2, 0.25) is 5.91 Å². The van der Waals surface area contributed by atoms with Crippen molar-refractivity contribution < 1.29 is 44.9 Å². The number of carbonyl (C=O) groups excluding carboxylic acids is 1. The molecular formula is C22H41NO9. The quantitative estimate of drug-likeness (QED) is 0.123. The Bertz CT molecular complexity index is 545. The summed E-state index contributed by atoms with van der Waals surface area (Å²) in [6.07, 6.45) is -0.761. The highest BCUT2D eigenvalue weighted by atomic mass is 16.7. The van der Waals surface area contributed by atoms with Crippen LogP contribution in [0.15, 0.2) is 12.2 Å². The average Bonchev–Trinajstić information content (AvgIpc) is 2.78. The smallest absolute Gasteiger partial charge is 0.249 e. The lowest BCUT2D eigenvalue weighted by Crippen LogP contribution is -2.60. The van der Waals surface area contributed by atoms with Gasteiger partial charge < -0.3 is 45.4 Å². The maximum Gasteiger partial charge on any atom is 0.249 e. The van der Waals surface area contributed by atoms with Crippen LogP contribution in [0.3, 0.4) is 0 Å². The highest BCUT2D eigenvalue weighted by Crippen LogP contribution is 2.22. The molecule has 0 aliphatic carbocycles. The van der Waals surface area contributed by atoms with Crippen LogP contribution < -0.4 is 5.32 Å². The van der Waals surface area contributed by atoms with Gasteiger partial charge in [-0.15, -0.1) is 0 Å². The van der Waals surface area contributed by atoms with Gasteiger partial charge in [0.05, 0.1) is 25.4 Å². The summed E-state index contributed by atoms with van der Waals surface area (Å²) in [7, 11) is 0. The predicted octanol–water partition coefficient (Wildman–Crippen LogP) is -0.664. The summed E-state index contributed by atoms with van der Waals surface area (Å²) in [5.41, 5.74) is 0. The van der Waals surface area contributed by atoms with Crippen LogP contribution >= 0.6 is 0 Å². The lowest BCUT2D eigenvalue weighted by Gasteiger charge is -2.40. The fraction of sp³-hybridized carbons (Fsp3) is 0.864. The Hall–Kier alpha value is -1.11. The summed E-state index contributed by atoms with van der Waals surface area (Å²) < 4.78 is 10.8. The largest absolute Gasteiger partial charge is 0.394 e. The van der Waals surface area contributed by atoms with Crippen molar-refractivity contribution in [3.63, 3.8) is 0 Å². The maximum absolute atomic E-state index is 12.4. The summed E-state index contributed by atoms with van der Waals surface area (Å²) in [5, 5.41) is 62.4. The number of hydrogen-bond donors (Lipinski definition) is 7. The Labute approximate surface area is 189 Å². The van der Waals surface area contributed by atoms with Crippen molar-refractivity contribution in [2.45, 2.75) is 108 Å². The molecule has 0 aromatic rings. The van der Waals surface area contributed by atoms with Crippen LogP contribution in [-0.4, -0.2) is 98.7 Å². The van der Waals surface area contributed by atoms with Gasteiger partial charge in [0, 0.05) is 0 Å². The topological polar surface area (TPSA) is 169 Å². The minimum absolute atomic E-state index is 0.299. The van der Waals surface area contributed by atoms with E-state index in [0.717, 1.165) is 32.1 Å². The molecule has 0 aromatic carbocycles. The Balaban J connectivity index is 2.75. The third kappa shape index (κ3) is 9.40. The molecule has 0 bridgehead atoms. The molecule has 32 heavy (non-hydrogen) atoms. The average molecular weight is 464 g/mol. The molecule has 0 saturated carbocycles. The number of ether oxygens (including phenoxy) is 2. The fourth-order valence-corrected chi connectivity index (χ4v) is 3.34. The Morgan fingerprint density at radius 2 is 1.78 bits per heavy atom. The number of unbranched alkanes of at least 4 members (excludes halogenated alkanes) is 4. The van der Waals surface area contributed by atoms with E-state index < -0.39 is 61.5 Å². The monoisotopic (exact) mass is 463 g/mol. The highest BCUT2D eigenvalue weighted by molar-refractivity contribution is 5.80. The molecule has 10 nitrogen and oxygen atoms in total. The summed E-state index contributed by atoms with van der Waals surface area (Å²) >= 11 is 0. The first kappa shape index (κ1) is 28.9. The van der Waals surface area contributed by atoms with Gasteiger partial charge in [-0.05, 0) is 12.8 Å². The molecule has 188 valence electrons. The van der Waals surface area contributed by atoms with Crippen molar-refractivity contribution in [3.8, 4) is 0 Å². The molecule has 8 atom stereocenters. The minimum Gasteiger partial charge on any atom is -0.394 e. The first-order valence-corrected chi connectivity index (χ1v) is 11.5. The van der Waals surface area contributed by atoms with E-state index in [9.17, 15) is 35.4 Å². The zero-order valence-corrected chi connectivity index (χ0v) is 19.0. The minimum atomic E-state index is -1.60. The number of amides is 1. The molecule has 1 rings (SSSR count). The summed E-state index contributed by atoms with van der Waals surface area (Å²) in [6.45, 7) is 3.13. The maximum atomic E-state index is 12.4. The number of carbonyl (C=O) groups is 1. The molecule has 1 amide bonds. The SMILES string of the molecule is CCC/C=C\[C@@H](O)[C@H](CO[C@@H]1O[C@H](CO)[C@@H](O)[C@H](O)[C@H]1O)NC(=O)[C@H](O)CCCCCC. The molecule has 1 saturated heterocycles. The number of allylic oxidation sites excluding steroid dienone is 1. The van der Waals surface area contributed by atoms with Crippen molar-refractivity contribution in [1.82, 2.24) is 5.32 Å². The molecule has 0 aromatic heterocycles. The summed E-state index contributed by atoms with van der Waals surface area (Å²) in [6, 6.07) is -0.965. The standard InChI is InChI=1S/C22H41NO9/c1-3-5-7-9-11-16(26)21(30)23-14(15(25)10-8-6-4-2)13-31-22-20(29)19(28)18(27)17(12-24)32-22/h8,10,14-20,22,24-29H,3-7,9,11-13H2,1-2H3,(H,23,30)/b10-8-/t14-,15+,16+,17+,18+,19-,20+,22+/m0/s1. The van der Waals surface area contributed by atoms with E-state index in [0.29, 0.717) is 12.8 Å². The van der Waals surface area contributed by atoms with Crippen molar-refractivity contribution in [3.05, 3.63) is 12.2 Å². The second kappa shape index (κ2) is 15.7. The second-order valence-electron chi connectivity index (χ2n) is 8.22. The lowest BCUT2D eigenvalue weighted by atomic mass is 9.99. The molecule has 7 N–H and O–H groups in total. The number of hydrogen-bond acceptors (Lipinski definition) is 9. The van der Waals surface area contributed by atoms with E-state index in [1.807, 2.05) is 6.92 Å². The fourth-order valence-electron chi connectivity index (χ4n) is 3.34. The van der Waals surface area contributed by atoms with Gasteiger partial charge in [-0.25, -0.2) is 0 Å². The first-order valence-electron chi connectivity index (χ1n) is 11.5. The lowest BCUT2D eigenvalue weighted by molar-refractivity contribution is -0.302. The molecule has 10 heteroatoms. The molecular weight excluding hydrogens is 422 g/mol. The van der Waals surface area contributed by atoms with Gasteiger partial charge in [0.1, 0.15) is 30.5 Å². The van der Waals surface area contributed by atoms with Gasteiger partial charge in [-0.2, -0.15) is 0 Å². The Kier molecular flexibility index (Phi) is 14.2. The summed E-state index contributed by atoms with van der Waals surface area (Å²) in [5.74, 6) is -0.646. The molecule has 0 radical (unpaired) electrons. The van der Waals surface area contributed by atoms with E-state index in [1.54, 1.807) is 6.08 Å². The van der Waals surface area contributed by atoms with Crippen LogP contribution in [0.1, 0.15) is 58.8 Å². The van der Waals surface area contributed by atoms with Gasteiger partial charge in [-0.1, -0.05) is 58.1 Å². The van der Waals surface area contributed by atoms with E-state index in [1.165, 1.54) is 6.08 Å². The van der Waals surface area contributed by atoms with Crippen molar-refractivity contribution in [2.75, 3.05) is 13.2 Å². The van der Waals surface area contributed by atoms with Crippen molar-refractivity contribution in [2.24, 2.45) is 0 Å². The van der Waals surface area contributed by atoms with Gasteiger partial charge in [-0.3, -0.25) is 4.79 Å². The predicted molar refractivity (Wildman–Crippen MR) is 116 cm³/mol. The second-order valence-corrected chi connectivity index (χ2v) is 8.22. The van der Waals surface area contributed by atoms with E-state index in [2.05, 4.69) is 12.2 Å². The van der Waals surface area contributed by atoms with Crippen LogP contribution in [0.4, 0.5) is 0 Å². The molecule has 0 unspecified atom stereocenters. The normalized spacial score (nSPS) is 29.1. The zero-order chi connectivity index (χ0) is 24.1. The number of nitrogens with one attached hydrogen (secondary N) is 1. The van der Waals surface area contributed by atoms with Crippen LogP contribution in [0, 0.1) is 0 Å². The van der Waals surface area contributed by atoms with E-state index in [-0.39, 0.29) is 6.61 Å². The first-order chi connectivity index (χ1) is 15.3. The Morgan fingerprint density at radius 3 is 2.41 bits per heavy atom. The van der Waals surface area contributed by atoms with Crippen LogP contribution in [0.5, 0.6) is 0 Å². The third-order valence-corrected chi connectivity index (χ3v) is 5.45. The van der Waals surface area contributed by atoms with Crippen molar-refractivity contribution >= 4 is 5.91 Å². The molecule has 1 aliphatic heterocycles. The molecule has 1 aliphatic rings. The molecule has 0 spiro atoms. The van der Waals surface area contributed by atoms with Crippen molar-refractivity contribution in [1.29, 1.82) is 0 Å². The van der Waals surface area contributed by atoms with Crippen LogP contribution in [0.25, 0.3) is 0 Å². The van der Waals surface area contributed by atoms with E-state index >= 15 is 0 Å². The highest BCUT2D eigenvalue weighted by Gasteiger charge is 2.44. The van der Waals surface area contributed by atoms with Crippen LogP contribution in [0.2, 0.25) is 0 Å². The third-order valence-electron chi connectivity index (χ3n) is 5.45. The van der Waals surface area contributed by atoms with Gasteiger partial charge in [0.25, 0.3) is 0 Å².